The summed E-state index contributed by atoms with van der Waals surface area (Å²) in [4.78, 5) is 25.5. The number of carbonyl (C=O) groups excluding carboxylic acids is 2. The molecule has 2 amide bonds. The minimum absolute atomic E-state index is 0.0202. The Morgan fingerprint density at radius 3 is 2.65 bits per heavy atom. The molecule has 0 spiro atoms. The van der Waals surface area contributed by atoms with Crippen LogP contribution in [0.3, 0.4) is 0 Å². The second kappa shape index (κ2) is 10.4. The fraction of sp³-hybridized carbons (Fsp3) is 0.556. The van der Waals surface area contributed by atoms with Gasteiger partial charge >= 0.3 is 0 Å². The monoisotopic (exact) mass is 383 g/mol. The van der Waals surface area contributed by atoms with Gasteiger partial charge in [0, 0.05) is 39.4 Å². The highest BCUT2D eigenvalue weighted by Crippen LogP contribution is 2.28. The molecule has 0 aromatic heterocycles. The van der Waals surface area contributed by atoms with Gasteiger partial charge in [-0.25, -0.2) is 0 Å². The summed E-state index contributed by atoms with van der Waals surface area (Å²) in [5.41, 5.74) is 0.485. The normalized spacial score (nSPS) is 15.5. The van der Waals surface area contributed by atoms with Crippen molar-refractivity contribution < 1.29 is 19.1 Å². The van der Waals surface area contributed by atoms with E-state index in [0.717, 1.165) is 25.9 Å². The molecule has 1 aliphatic rings. The van der Waals surface area contributed by atoms with E-state index in [-0.39, 0.29) is 17.9 Å². The average Bonchev–Trinajstić information content (AvgIpc) is 2.64. The SMILES string of the molecule is CNC(=O)CN1CCC(Oc2ccc(C(=O)NCCOC)cc2Cl)CC1. The van der Waals surface area contributed by atoms with Crippen molar-refractivity contribution in [3.05, 3.63) is 28.8 Å². The largest absolute Gasteiger partial charge is 0.489 e. The summed E-state index contributed by atoms with van der Waals surface area (Å²) in [5.74, 6) is 0.398. The Balaban J connectivity index is 1.85. The van der Waals surface area contributed by atoms with Crippen LogP contribution in [0.5, 0.6) is 5.75 Å². The van der Waals surface area contributed by atoms with Crippen molar-refractivity contribution in [3.8, 4) is 5.75 Å². The number of likely N-dealkylation sites (N-methyl/N-ethyl adjacent to an activating group) is 1. The first kappa shape index (κ1) is 20.5. The fourth-order valence-corrected chi connectivity index (χ4v) is 2.98. The summed E-state index contributed by atoms with van der Waals surface area (Å²) >= 11 is 6.28. The van der Waals surface area contributed by atoms with Gasteiger partial charge in [-0.15, -0.1) is 0 Å². The van der Waals surface area contributed by atoms with Crippen LogP contribution in [0.15, 0.2) is 18.2 Å². The Morgan fingerprint density at radius 2 is 2.04 bits per heavy atom. The molecule has 0 radical (unpaired) electrons. The smallest absolute Gasteiger partial charge is 0.251 e. The zero-order chi connectivity index (χ0) is 18.9. The molecule has 2 rings (SSSR count). The zero-order valence-electron chi connectivity index (χ0n) is 15.2. The van der Waals surface area contributed by atoms with Gasteiger partial charge in [0.2, 0.25) is 5.91 Å². The lowest BCUT2D eigenvalue weighted by molar-refractivity contribution is -0.122. The molecule has 2 N–H and O–H groups in total. The molecule has 0 atom stereocenters. The number of hydrogen-bond donors (Lipinski definition) is 2. The first-order valence-corrected chi connectivity index (χ1v) is 9.07. The van der Waals surface area contributed by atoms with Crippen LogP contribution >= 0.6 is 11.6 Å². The van der Waals surface area contributed by atoms with E-state index in [1.165, 1.54) is 0 Å². The highest BCUT2D eigenvalue weighted by Gasteiger charge is 2.22. The molecule has 1 heterocycles. The highest BCUT2D eigenvalue weighted by atomic mass is 35.5. The number of amides is 2. The second-order valence-corrected chi connectivity index (χ2v) is 6.57. The Bertz CT molecular complexity index is 618. The third-order valence-corrected chi connectivity index (χ3v) is 4.56. The summed E-state index contributed by atoms with van der Waals surface area (Å²) in [6, 6.07) is 5.04. The molecule has 1 aromatic rings. The van der Waals surface area contributed by atoms with Crippen LogP contribution < -0.4 is 15.4 Å². The molecule has 0 aliphatic carbocycles. The third-order valence-electron chi connectivity index (χ3n) is 4.26. The van der Waals surface area contributed by atoms with Crippen molar-refractivity contribution >= 4 is 23.4 Å². The molecular weight excluding hydrogens is 358 g/mol. The van der Waals surface area contributed by atoms with Gasteiger partial charge in [0.1, 0.15) is 11.9 Å². The number of nitrogens with one attached hydrogen (secondary N) is 2. The quantitative estimate of drug-likeness (QED) is 0.661. The molecule has 1 aliphatic heterocycles. The number of likely N-dealkylation sites (tertiary alicyclic amines) is 1. The predicted octanol–water partition coefficient (Wildman–Crippen LogP) is 1.31. The molecule has 0 saturated carbocycles. The number of benzene rings is 1. The number of ether oxygens (including phenoxy) is 2. The maximum Gasteiger partial charge on any atom is 0.251 e. The van der Waals surface area contributed by atoms with E-state index in [0.29, 0.717) is 36.0 Å². The van der Waals surface area contributed by atoms with E-state index < -0.39 is 0 Å². The van der Waals surface area contributed by atoms with Crippen LogP contribution in [0.25, 0.3) is 0 Å². The van der Waals surface area contributed by atoms with Gasteiger partial charge in [0.15, 0.2) is 0 Å². The summed E-state index contributed by atoms with van der Waals surface area (Å²) in [6.07, 6.45) is 1.70. The molecule has 8 heteroatoms. The van der Waals surface area contributed by atoms with Crippen molar-refractivity contribution in [2.24, 2.45) is 0 Å². The second-order valence-electron chi connectivity index (χ2n) is 6.16. The fourth-order valence-electron chi connectivity index (χ4n) is 2.75. The number of carbonyl (C=O) groups is 2. The maximum atomic E-state index is 12.0. The summed E-state index contributed by atoms with van der Waals surface area (Å²) in [5, 5.41) is 5.80. The van der Waals surface area contributed by atoms with Crippen LogP contribution in [-0.2, 0) is 9.53 Å². The van der Waals surface area contributed by atoms with Crippen LogP contribution in [0.4, 0.5) is 0 Å². The Morgan fingerprint density at radius 1 is 1.31 bits per heavy atom. The van der Waals surface area contributed by atoms with Crippen molar-refractivity contribution in [2.45, 2.75) is 18.9 Å². The molecule has 1 fully saturated rings. The molecule has 1 aromatic carbocycles. The molecular formula is C18H26ClN3O4. The van der Waals surface area contributed by atoms with E-state index in [4.69, 9.17) is 21.1 Å². The van der Waals surface area contributed by atoms with Crippen LogP contribution in [0.1, 0.15) is 23.2 Å². The van der Waals surface area contributed by atoms with E-state index in [1.54, 1.807) is 32.4 Å². The molecule has 26 heavy (non-hydrogen) atoms. The molecule has 144 valence electrons. The maximum absolute atomic E-state index is 12.0. The third kappa shape index (κ3) is 6.16. The van der Waals surface area contributed by atoms with Gasteiger partial charge in [0.05, 0.1) is 18.2 Å². The summed E-state index contributed by atoms with van der Waals surface area (Å²) < 4.78 is 10.9. The highest BCUT2D eigenvalue weighted by molar-refractivity contribution is 6.32. The standard InChI is InChI=1S/C18H26ClN3O4/c1-20-17(23)12-22-8-5-14(6-9-22)26-16-4-3-13(11-15(16)19)18(24)21-7-10-25-2/h3-4,11,14H,5-10,12H2,1-2H3,(H,20,23)(H,21,24). The van der Waals surface area contributed by atoms with Gasteiger partial charge in [-0.1, -0.05) is 11.6 Å². The number of rotatable bonds is 8. The summed E-state index contributed by atoms with van der Waals surface area (Å²) in [7, 11) is 3.22. The number of hydrogen-bond acceptors (Lipinski definition) is 5. The zero-order valence-corrected chi connectivity index (χ0v) is 16.0. The molecule has 0 unspecified atom stereocenters. The Kier molecular flexibility index (Phi) is 8.15. The van der Waals surface area contributed by atoms with E-state index in [1.807, 2.05) is 0 Å². The number of halogens is 1. The van der Waals surface area contributed by atoms with Crippen molar-refractivity contribution in [2.75, 3.05) is 46.9 Å². The lowest BCUT2D eigenvalue weighted by atomic mass is 10.1. The van der Waals surface area contributed by atoms with Gasteiger partial charge < -0.3 is 20.1 Å². The van der Waals surface area contributed by atoms with E-state index in [2.05, 4.69) is 15.5 Å². The lowest BCUT2D eigenvalue weighted by Crippen LogP contribution is -2.43. The Hall–Kier alpha value is -1.83. The molecule has 7 nitrogen and oxygen atoms in total. The van der Waals surface area contributed by atoms with Gasteiger partial charge in [-0.05, 0) is 31.0 Å². The van der Waals surface area contributed by atoms with E-state index >= 15 is 0 Å². The first-order valence-electron chi connectivity index (χ1n) is 8.69. The summed E-state index contributed by atoms with van der Waals surface area (Å²) in [6.45, 7) is 2.92. The average molecular weight is 384 g/mol. The topological polar surface area (TPSA) is 79.9 Å². The van der Waals surface area contributed by atoms with Gasteiger partial charge in [0.25, 0.3) is 5.91 Å². The Labute approximate surface area is 159 Å². The number of methoxy groups -OCH3 is 1. The number of nitrogens with zero attached hydrogens (tertiary/aromatic N) is 1. The van der Waals surface area contributed by atoms with Crippen LogP contribution in [0.2, 0.25) is 5.02 Å². The first-order chi connectivity index (χ1) is 12.5. The number of piperidine rings is 1. The van der Waals surface area contributed by atoms with E-state index in [9.17, 15) is 9.59 Å². The van der Waals surface area contributed by atoms with Crippen LogP contribution in [0, 0.1) is 0 Å². The van der Waals surface area contributed by atoms with Crippen LogP contribution in [-0.4, -0.2) is 69.8 Å². The predicted molar refractivity (Wildman–Crippen MR) is 99.8 cm³/mol. The van der Waals surface area contributed by atoms with Crippen molar-refractivity contribution in [1.82, 2.24) is 15.5 Å². The minimum Gasteiger partial charge on any atom is -0.489 e. The molecule has 0 bridgehead atoms. The van der Waals surface area contributed by atoms with Gasteiger partial charge in [-0.2, -0.15) is 0 Å². The molecule has 1 saturated heterocycles. The van der Waals surface area contributed by atoms with Crippen molar-refractivity contribution in [1.29, 1.82) is 0 Å². The van der Waals surface area contributed by atoms with Crippen molar-refractivity contribution in [3.63, 3.8) is 0 Å². The minimum atomic E-state index is -0.196. The van der Waals surface area contributed by atoms with Gasteiger partial charge in [-0.3, -0.25) is 14.5 Å². The lowest BCUT2D eigenvalue weighted by Gasteiger charge is -2.31.